The van der Waals surface area contributed by atoms with Crippen molar-refractivity contribution in [2.45, 2.75) is 13.0 Å². The molecule has 0 unspecified atom stereocenters. The highest BCUT2D eigenvalue weighted by atomic mass is 35.5. The first-order valence-electron chi connectivity index (χ1n) is 4.27. The fourth-order valence-electron chi connectivity index (χ4n) is 1.17. The summed E-state index contributed by atoms with van der Waals surface area (Å²) in [6.45, 7) is -0.232. The summed E-state index contributed by atoms with van der Waals surface area (Å²) >= 11 is 5.63. The standard InChI is InChI=1S/C9H9ClF2N2O2/c1-16-9(15)5-2-4(10)7(8(11)12)6(3-13)14-5/h2,8H,3,13H2,1H3. The van der Waals surface area contributed by atoms with Crippen molar-refractivity contribution in [2.75, 3.05) is 7.11 Å². The lowest BCUT2D eigenvalue weighted by Crippen LogP contribution is -2.12. The van der Waals surface area contributed by atoms with E-state index in [1.807, 2.05) is 0 Å². The number of nitrogens with zero attached hydrogens (tertiary/aromatic N) is 1. The molecule has 0 fully saturated rings. The van der Waals surface area contributed by atoms with Crippen molar-refractivity contribution < 1.29 is 18.3 Å². The molecule has 1 aromatic rings. The number of alkyl halides is 2. The number of ether oxygens (including phenoxy) is 1. The van der Waals surface area contributed by atoms with Crippen LogP contribution in [0.3, 0.4) is 0 Å². The topological polar surface area (TPSA) is 65.2 Å². The third kappa shape index (κ3) is 2.45. The van der Waals surface area contributed by atoms with Gasteiger partial charge in [0.2, 0.25) is 0 Å². The fraction of sp³-hybridized carbons (Fsp3) is 0.333. The van der Waals surface area contributed by atoms with Crippen LogP contribution in [0.5, 0.6) is 0 Å². The maximum absolute atomic E-state index is 12.6. The zero-order chi connectivity index (χ0) is 12.3. The molecule has 0 spiro atoms. The Bertz CT molecular complexity index is 413. The number of hydrogen-bond acceptors (Lipinski definition) is 4. The fourth-order valence-corrected chi connectivity index (χ4v) is 1.46. The Morgan fingerprint density at radius 2 is 2.31 bits per heavy atom. The second-order valence-corrected chi connectivity index (χ2v) is 3.25. The molecule has 0 aromatic carbocycles. The monoisotopic (exact) mass is 250 g/mol. The van der Waals surface area contributed by atoms with E-state index in [2.05, 4.69) is 9.72 Å². The summed E-state index contributed by atoms with van der Waals surface area (Å²) in [5.74, 6) is -0.752. The summed E-state index contributed by atoms with van der Waals surface area (Å²) in [7, 11) is 1.15. The summed E-state index contributed by atoms with van der Waals surface area (Å²) in [5.41, 5.74) is 4.56. The normalized spacial score (nSPS) is 10.6. The quantitative estimate of drug-likeness (QED) is 0.833. The van der Waals surface area contributed by atoms with Crippen LogP contribution >= 0.6 is 11.6 Å². The van der Waals surface area contributed by atoms with Gasteiger partial charge in [-0.1, -0.05) is 11.6 Å². The summed E-state index contributed by atoms with van der Waals surface area (Å²) in [4.78, 5) is 14.8. The molecule has 1 heterocycles. The van der Waals surface area contributed by atoms with Crippen LogP contribution in [0.25, 0.3) is 0 Å². The van der Waals surface area contributed by atoms with E-state index >= 15 is 0 Å². The molecule has 0 aliphatic rings. The highest BCUT2D eigenvalue weighted by Crippen LogP contribution is 2.30. The first-order valence-corrected chi connectivity index (χ1v) is 4.64. The molecule has 2 N–H and O–H groups in total. The van der Waals surface area contributed by atoms with Gasteiger partial charge in [-0.2, -0.15) is 0 Å². The zero-order valence-electron chi connectivity index (χ0n) is 8.34. The highest BCUT2D eigenvalue weighted by molar-refractivity contribution is 6.31. The van der Waals surface area contributed by atoms with Crippen LogP contribution < -0.4 is 5.73 Å². The van der Waals surface area contributed by atoms with Gasteiger partial charge in [-0.25, -0.2) is 18.6 Å². The van der Waals surface area contributed by atoms with Gasteiger partial charge in [-0.05, 0) is 6.07 Å². The number of rotatable bonds is 3. The lowest BCUT2D eigenvalue weighted by molar-refractivity contribution is 0.0593. The second kappa shape index (κ2) is 5.18. The van der Waals surface area contributed by atoms with Gasteiger partial charge in [0.1, 0.15) is 5.69 Å². The summed E-state index contributed by atoms with van der Waals surface area (Å²) < 4.78 is 29.6. The lowest BCUT2D eigenvalue weighted by atomic mass is 10.1. The largest absolute Gasteiger partial charge is 0.464 e. The van der Waals surface area contributed by atoms with Crippen LogP contribution in [-0.4, -0.2) is 18.1 Å². The van der Waals surface area contributed by atoms with Crippen LogP contribution in [-0.2, 0) is 11.3 Å². The summed E-state index contributed by atoms with van der Waals surface area (Å²) in [5, 5.41) is -0.245. The molecule has 0 amide bonds. The Hall–Kier alpha value is -1.27. The van der Waals surface area contributed by atoms with Crippen LogP contribution in [0.1, 0.15) is 28.2 Å². The molecular formula is C9H9ClF2N2O2. The number of esters is 1. The molecule has 0 radical (unpaired) electrons. The first-order chi connectivity index (χ1) is 7.51. The maximum atomic E-state index is 12.6. The van der Waals surface area contributed by atoms with E-state index in [4.69, 9.17) is 17.3 Å². The van der Waals surface area contributed by atoms with Crippen LogP contribution in [0.4, 0.5) is 8.78 Å². The number of methoxy groups -OCH3 is 1. The van der Waals surface area contributed by atoms with Gasteiger partial charge < -0.3 is 10.5 Å². The molecular weight excluding hydrogens is 242 g/mol. The Labute approximate surface area is 95.4 Å². The van der Waals surface area contributed by atoms with Gasteiger partial charge in [-0.15, -0.1) is 0 Å². The molecule has 16 heavy (non-hydrogen) atoms. The van der Waals surface area contributed by atoms with E-state index in [9.17, 15) is 13.6 Å². The number of halogens is 3. The molecule has 1 rings (SSSR count). The van der Waals surface area contributed by atoms with Gasteiger partial charge in [0.05, 0.1) is 23.4 Å². The predicted molar refractivity (Wildman–Crippen MR) is 53.4 cm³/mol. The van der Waals surface area contributed by atoms with Gasteiger partial charge >= 0.3 is 5.97 Å². The molecule has 88 valence electrons. The molecule has 7 heteroatoms. The van der Waals surface area contributed by atoms with Gasteiger partial charge in [-0.3, -0.25) is 0 Å². The average Bonchev–Trinajstić information content (AvgIpc) is 2.26. The SMILES string of the molecule is COC(=O)c1cc(Cl)c(C(F)F)c(CN)n1. The lowest BCUT2D eigenvalue weighted by Gasteiger charge is -2.10. The van der Waals surface area contributed by atoms with E-state index in [-0.39, 0.29) is 23.0 Å². The van der Waals surface area contributed by atoms with E-state index in [0.717, 1.165) is 13.2 Å². The number of carbonyl (C=O) groups excluding carboxylic acids is 1. The molecule has 0 saturated heterocycles. The molecule has 0 atom stereocenters. The molecule has 0 aliphatic carbocycles. The number of hydrogen-bond donors (Lipinski definition) is 1. The van der Waals surface area contributed by atoms with Crippen molar-refractivity contribution in [3.8, 4) is 0 Å². The minimum absolute atomic E-state index is 0.108. The Kier molecular flexibility index (Phi) is 4.14. The predicted octanol–water partition coefficient (Wildman–Crippen LogP) is 1.92. The molecule has 1 aromatic heterocycles. The number of carbonyl (C=O) groups is 1. The van der Waals surface area contributed by atoms with E-state index in [1.54, 1.807) is 0 Å². The Morgan fingerprint density at radius 1 is 1.69 bits per heavy atom. The smallest absolute Gasteiger partial charge is 0.356 e. The molecule has 0 saturated carbocycles. The number of aromatic nitrogens is 1. The van der Waals surface area contributed by atoms with Crippen LogP contribution in [0.2, 0.25) is 5.02 Å². The van der Waals surface area contributed by atoms with E-state index < -0.39 is 18.0 Å². The highest BCUT2D eigenvalue weighted by Gasteiger charge is 2.21. The van der Waals surface area contributed by atoms with Crippen LogP contribution in [0, 0.1) is 0 Å². The Balaban J connectivity index is 3.32. The van der Waals surface area contributed by atoms with Crippen molar-refractivity contribution in [1.29, 1.82) is 0 Å². The number of nitrogens with two attached hydrogens (primary N) is 1. The zero-order valence-corrected chi connectivity index (χ0v) is 9.09. The maximum Gasteiger partial charge on any atom is 0.356 e. The van der Waals surface area contributed by atoms with Crippen molar-refractivity contribution in [3.05, 3.63) is 28.0 Å². The van der Waals surface area contributed by atoms with E-state index in [1.165, 1.54) is 0 Å². The molecule has 0 bridgehead atoms. The van der Waals surface area contributed by atoms with Crippen molar-refractivity contribution in [2.24, 2.45) is 5.73 Å². The first kappa shape index (κ1) is 12.8. The molecule has 0 aliphatic heterocycles. The third-order valence-electron chi connectivity index (χ3n) is 1.89. The second-order valence-electron chi connectivity index (χ2n) is 2.85. The number of pyridine rings is 1. The third-order valence-corrected chi connectivity index (χ3v) is 2.21. The van der Waals surface area contributed by atoms with Crippen molar-refractivity contribution >= 4 is 17.6 Å². The van der Waals surface area contributed by atoms with Gasteiger partial charge in [0.15, 0.2) is 0 Å². The van der Waals surface area contributed by atoms with Crippen molar-refractivity contribution in [1.82, 2.24) is 4.98 Å². The minimum atomic E-state index is -2.79. The Morgan fingerprint density at radius 3 is 2.75 bits per heavy atom. The van der Waals surface area contributed by atoms with Crippen molar-refractivity contribution in [3.63, 3.8) is 0 Å². The average molecular weight is 251 g/mol. The van der Waals surface area contributed by atoms with Gasteiger partial charge in [0, 0.05) is 6.54 Å². The van der Waals surface area contributed by atoms with E-state index in [0.29, 0.717) is 0 Å². The van der Waals surface area contributed by atoms with Gasteiger partial charge in [0.25, 0.3) is 6.43 Å². The minimum Gasteiger partial charge on any atom is -0.464 e. The van der Waals surface area contributed by atoms with Crippen LogP contribution in [0.15, 0.2) is 6.07 Å². The summed E-state index contributed by atoms with van der Waals surface area (Å²) in [6.07, 6.45) is -2.79. The summed E-state index contributed by atoms with van der Waals surface area (Å²) in [6, 6.07) is 1.04. The molecule has 4 nitrogen and oxygen atoms in total.